The largest absolute Gasteiger partial charge is 0.465 e. The van der Waals surface area contributed by atoms with Gasteiger partial charge in [0, 0.05) is 20.1 Å². The van der Waals surface area contributed by atoms with E-state index in [2.05, 4.69) is 4.74 Å². The molecule has 1 aromatic rings. The van der Waals surface area contributed by atoms with Crippen molar-refractivity contribution < 1.29 is 14.3 Å². The van der Waals surface area contributed by atoms with Gasteiger partial charge in [-0.2, -0.15) is 0 Å². The Morgan fingerprint density at radius 3 is 2.74 bits per heavy atom. The van der Waals surface area contributed by atoms with Crippen molar-refractivity contribution in [1.82, 2.24) is 4.90 Å². The summed E-state index contributed by atoms with van der Waals surface area (Å²) < 4.78 is 4.68. The van der Waals surface area contributed by atoms with Crippen molar-refractivity contribution in [2.24, 2.45) is 0 Å². The molecule has 0 saturated carbocycles. The highest BCUT2D eigenvalue weighted by Gasteiger charge is 2.23. The first-order chi connectivity index (χ1) is 9.02. The molecule has 6 nitrogen and oxygen atoms in total. The Labute approximate surface area is 111 Å². The Morgan fingerprint density at radius 2 is 2.11 bits per heavy atom. The van der Waals surface area contributed by atoms with Crippen LogP contribution < -0.4 is 10.6 Å². The molecule has 0 atom stereocenters. The lowest BCUT2D eigenvalue weighted by molar-refractivity contribution is -0.129. The van der Waals surface area contributed by atoms with Gasteiger partial charge in [-0.1, -0.05) is 0 Å². The Morgan fingerprint density at radius 1 is 1.37 bits per heavy atom. The first-order valence-electron chi connectivity index (χ1n) is 5.99. The SMILES string of the molecule is COC(=O)c1ccc(N)c(N2CCN(C)C(=O)C2)c1. The van der Waals surface area contributed by atoms with Gasteiger partial charge in [-0.3, -0.25) is 4.79 Å². The van der Waals surface area contributed by atoms with Gasteiger partial charge in [-0.25, -0.2) is 4.79 Å². The molecule has 1 aliphatic rings. The summed E-state index contributed by atoms with van der Waals surface area (Å²) in [4.78, 5) is 26.8. The normalized spacial score (nSPS) is 15.6. The average Bonchev–Trinajstić information content (AvgIpc) is 2.41. The Kier molecular flexibility index (Phi) is 3.59. The lowest BCUT2D eigenvalue weighted by Gasteiger charge is -2.34. The summed E-state index contributed by atoms with van der Waals surface area (Å²) in [6.07, 6.45) is 0. The summed E-state index contributed by atoms with van der Waals surface area (Å²) in [6.45, 7) is 1.60. The topological polar surface area (TPSA) is 75.9 Å². The lowest BCUT2D eigenvalue weighted by atomic mass is 10.1. The molecule has 0 spiro atoms. The first-order valence-corrected chi connectivity index (χ1v) is 5.99. The third-order valence-electron chi connectivity index (χ3n) is 3.25. The van der Waals surface area contributed by atoms with Crippen molar-refractivity contribution in [3.63, 3.8) is 0 Å². The van der Waals surface area contributed by atoms with E-state index in [1.807, 2.05) is 4.90 Å². The van der Waals surface area contributed by atoms with Crippen LogP contribution in [0.4, 0.5) is 11.4 Å². The second kappa shape index (κ2) is 5.17. The summed E-state index contributed by atoms with van der Waals surface area (Å²) in [5.74, 6) is -0.379. The fourth-order valence-electron chi connectivity index (χ4n) is 2.03. The molecule has 1 aromatic carbocycles. The number of esters is 1. The number of carbonyl (C=O) groups is 2. The molecule has 1 aliphatic heterocycles. The van der Waals surface area contributed by atoms with E-state index in [9.17, 15) is 9.59 Å². The maximum atomic E-state index is 11.7. The van der Waals surface area contributed by atoms with Crippen LogP contribution in [0.2, 0.25) is 0 Å². The molecule has 19 heavy (non-hydrogen) atoms. The number of methoxy groups -OCH3 is 1. The summed E-state index contributed by atoms with van der Waals surface area (Å²) >= 11 is 0. The van der Waals surface area contributed by atoms with Gasteiger partial charge in [-0.15, -0.1) is 0 Å². The third-order valence-corrected chi connectivity index (χ3v) is 3.25. The molecular formula is C13H17N3O3. The van der Waals surface area contributed by atoms with E-state index in [1.165, 1.54) is 7.11 Å². The van der Waals surface area contributed by atoms with E-state index < -0.39 is 5.97 Å². The number of nitrogens with two attached hydrogens (primary N) is 1. The quantitative estimate of drug-likeness (QED) is 0.615. The highest BCUT2D eigenvalue weighted by molar-refractivity contribution is 5.93. The van der Waals surface area contributed by atoms with Crippen LogP contribution in [-0.4, -0.2) is 50.6 Å². The molecule has 2 N–H and O–H groups in total. The number of carbonyl (C=O) groups excluding carboxylic acids is 2. The van der Waals surface area contributed by atoms with Crippen molar-refractivity contribution >= 4 is 23.3 Å². The van der Waals surface area contributed by atoms with Gasteiger partial charge in [0.2, 0.25) is 5.91 Å². The van der Waals surface area contributed by atoms with Crippen molar-refractivity contribution in [2.45, 2.75) is 0 Å². The minimum absolute atomic E-state index is 0.0362. The molecule has 102 valence electrons. The number of anilines is 2. The number of nitrogen functional groups attached to an aromatic ring is 1. The van der Waals surface area contributed by atoms with Crippen molar-refractivity contribution in [2.75, 3.05) is 44.4 Å². The fourth-order valence-corrected chi connectivity index (χ4v) is 2.03. The molecule has 1 fully saturated rings. The van der Waals surface area contributed by atoms with Gasteiger partial charge in [0.05, 0.1) is 30.6 Å². The number of rotatable bonds is 2. The third kappa shape index (κ3) is 2.62. The second-order valence-corrected chi connectivity index (χ2v) is 4.50. The minimum atomic E-state index is -0.415. The van der Waals surface area contributed by atoms with Crippen LogP contribution in [0.25, 0.3) is 0 Å². The highest BCUT2D eigenvalue weighted by Crippen LogP contribution is 2.26. The first kappa shape index (κ1) is 13.2. The average molecular weight is 263 g/mol. The van der Waals surface area contributed by atoms with Crippen LogP contribution in [0.3, 0.4) is 0 Å². The summed E-state index contributed by atoms with van der Waals surface area (Å²) in [5.41, 5.74) is 7.60. The zero-order valence-corrected chi connectivity index (χ0v) is 11.0. The lowest BCUT2D eigenvalue weighted by Crippen LogP contribution is -2.48. The number of amides is 1. The molecule has 0 aromatic heterocycles. The maximum absolute atomic E-state index is 11.7. The molecule has 2 rings (SSSR count). The smallest absolute Gasteiger partial charge is 0.337 e. The Bertz CT molecular complexity index is 516. The minimum Gasteiger partial charge on any atom is -0.465 e. The van der Waals surface area contributed by atoms with E-state index in [1.54, 1.807) is 30.1 Å². The number of nitrogens with zero attached hydrogens (tertiary/aromatic N) is 2. The molecule has 0 aliphatic carbocycles. The zero-order chi connectivity index (χ0) is 14.0. The predicted molar refractivity (Wildman–Crippen MR) is 72.0 cm³/mol. The summed E-state index contributed by atoms with van der Waals surface area (Å²) in [5, 5.41) is 0. The Balaban J connectivity index is 2.28. The number of hydrogen-bond donors (Lipinski definition) is 1. The van der Waals surface area contributed by atoms with Crippen LogP contribution in [0.15, 0.2) is 18.2 Å². The van der Waals surface area contributed by atoms with E-state index >= 15 is 0 Å². The fraction of sp³-hybridized carbons (Fsp3) is 0.385. The zero-order valence-electron chi connectivity index (χ0n) is 11.0. The van der Waals surface area contributed by atoms with Crippen LogP contribution >= 0.6 is 0 Å². The summed E-state index contributed by atoms with van der Waals surface area (Å²) in [7, 11) is 3.10. The van der Waals surface area contributed by atoms with Gasteiger partial charge in [0.25, 0.3) is 0 Å². The van der Waals surface area contributed by atoms with Crippen LogP contribution in [0.5, 0.6) is 0 Å². The molecule has 6 heteroatoms. The number of benzene rings is 1. The number of hydrogen-bond acceptors (Lipinski definition) is 5. The summed E-state index contributed by atoms with van der Waals surface area (Å²) in [6, 6.07) is 4.94. The monoisotopic (exact) mass is 263 g/mol. The molecular weight excluding hydrogens is 246 g/mol. The van der Waals surface area contributed by atoms with Gasteiger partial charge in [0.15, 0.2) is 0 Å². The number of piperazine rings is 1. The molecule has 1 saturated heterocycles. The van der Waals surface area contributed by atoms with Gasteiger partial charge < -0.3 is 20.3 Å². The maximum Gasteiger partial charge on any atom is 0.337 e. The van der Waals surface area contributed by atoms with Crippen molar-refractivity contribution in [1.29, 1.82) is 0 Å². The number of likely N-dealkylation sites (N-methyl/N-ethyl adjacent to an activating group) is 1. The van der Waals surface area contributed by atoms with Gasteiger partial charge in [-0.05, 0) is 18.2 Å². The van der Waals surface area contributed by atoms with E-state index in [4.69, 9.17) is 5.73 Å². The van der Waals surface area contributed by atoms with E-state index in [-0.39, 0.29) is 12.5 Å². The second-order valence-electron chi connectivity index (χ2n) is 4.50. The Hall–Kier alpha value is -2.24. The van der Waals surface area contributed by atoms with Crippen LogP contribution in [-0.2, 0) is 9.53 Å². The molecule has 0 unspecified atom stereocenters. The predicted octanol–water partition coefficient (Wildman–Crippen LogP) is 0.334. The highest BCUT2D eigenvalue weighted by atomic mass is 16.5. The van der Waals surface area contributed by atoms with E-state index in [0.29, 0.717) is 30.0 Å². The molecule has 1 heterocycles. The molecule has 0 bridgehead atoms. The van der Waals surface area contributed by atoms with Crippen LogP contribution in [0.1, 0.15) is 10.4 Å². The van der Waals surface area contributed by atoms with Crippen molar-refractivity contribution in [3.8, 4) is 0 Å². The van der Waals surface area contributed by atoms with Crippen molar-refractivity contribution in [3.05, 3.63) is 23.8 Å². The molecule has 0 radical (unpaired) electrons. The van der Waals surface area contributed by atoms with Gasteiger partial charge >= 0.3 is 5.97 Å². The number of ether oxygens (including phenoxy) is 1. The standard InChI is InChI=1S/C13H17N3O3/c1-15-5-6-16(8-12(15)17)11-7-9(13(18)19-2)3-4-10(11)14/h3-4,7H,5-6,8,14H2,1-2H3. The van der Waals surface area contributed by atoms with Crippen LogP contribution in [0, 0.1) is 0 Å². The molecule has 1 amide bonds. The van der Waals surface area contributed by atoms with E-state index in [0.717, 1.165) is 0 Å². The van der Waals surface area contributed by atoms with Gasteiger partial charge in [0.1, 0.15) is 0 Å².